The molecule has 1 aliphatic rings. The van der Waals surface area contributed by atoms with Crippen molar-refractivity contribution >= 4 is 11.8 Å². The van der Waals surface area contributed by atoms with Gasteiger partial charge in [-0.15, -0.1) is 0 Å². The molecule has 6 nitrogen and oxygen atoms in total. The van der Waals surface area contributed by atoms with E-state index in [-0.39, 0.29) is 0 Å². The first-order valence-electron chi connectivity index (χ1n) is 6.27. The van der Waals surface area contributed by atoms with Crippen molar-refractivity contribution in [1.29, 1.82) is 0 Å². The molecule has 0 radical (unpaired) electrons. The fourth-order valence-corrected chi connectivity index (χ4v) is 2.11. The van der Waals surface area contributed by atoms with Crippen LogP contribution in [-0.4, -0.2) is 46.1 Å². The molecule has 1 aliphatic heterocycles. The molecule has 0 bridgehead atoms. The summed E-state index contributed by atoms with van der Waals surface area (Å²) in [6.45, 7) is 3.82. The molecule has 1 saturated heterocycles. The van der Waals surface area contributed by atoms with Crippen molar-refractivity contribution in [2.24, 2.45) is 0 Å². The third kappa shape index (κ3) is 2.33. The zero-order chi connectivity index (χ0) is 13.2. The molecule has 0 amide bonds. The fourth-order valence-electron chi connectivity index (χ4n) is 2.11. The second-order valence-electron chi connectivity index (χ2n) is 4.73. The number of aromatic nitrogens is 4. The van der Waals surface area contributed by atoms with Gasteiger partial charge < -0.3 is 9.80 Å². The Morgan fingerprint density at radius 1 is 1.21 bits per heavy atom. The lowest BCUT2D eigenvalue weighted by atomic mass is 10.1. The minimum atomic E-state index is 0.420. The molecule has 98 valence electrons. The molecule has 0 aliphatic carbocycles. The molecule has 3 heterocycles. The van der Waals surface area contributed by atoms with E-state index < -0.39 is 0 Å². The Hall–Kier alpha value is -2.24. The van der Waals surface area contributed by atoms with E-state index in [1.54, 1.807) is 24.8 Å². The van der Waals surface area contributed by atoms with Gasteiger partial charge in [0.05, 0.1) is 12.2 Å². The summed E-state index contributed by atoms with van der Waals surface area (Å²) in [5.41, 5.74) is 0.988. The van der Waals surface area contributed by atoms with Gasteiger partial charge in [-0.3, -0.25) is 4.98 Å². The van der Waals surface area contributed by atoms with Crippen LogP contribution in [0.25, 0.3) is 0 Å². The van der Waals surface area contributed by atoms with Crippen LogP contribution in [0.5, 0.6) is 0 Å². The quantitative estimate of drug-likeness (QED) is 0.813. The predicted octanol–water partition coefficient (Wildman–Crippen LogP) is 0.900. The summed E-state index contributed by atoms with van der Waals surface area (Å²) < 4.78 is 0. The largest absolute Gasteiger partial charge is 0.351 e. The number of hydrogen-bond donors (Lipinski definition) is 0. The molecule has 1 fully saturated rings. The van der Waals surface area contributed by atoms with Crippen LogP contribution in [0.15, 0.2) is 30.9 Å². The van der Waals surface area contributed by atoms with E-state index in [9.17, 15) is 0 Å². The summed E-state index contributed by atoms with van der Waals surface area (Å²) in [5, 5.41) is 0. The molecular weight excluding hydrogens is 240 g/mol. The molecule has 0 N–H and O–H groups in total. The van der Waals surface area contributed by atoms with E-state index in [0.29, 0.717) is 6.04 Å². The molecule has 6 heteroatoms. The van der Waals surface area contributed by atoms with E-state index in [1.165, 1.54) is 0 Å². The average Bonchev–Trinajstić information content (AvgIpc) is 2.38. The number of rotatable bonds is 3. The van der Waals surface area contributed by atoms with Gasteiger partial charge in [-0.25, -0.2) is 15.0 Å². The third-order valence-electron chi connectivity index (χ3n) is 3.38. The molecule has 0 saturated carbocycles. The Balaban J connectivity index is 1.64. The zero-order valence-electron chi connectivity index (χ0n) is 11.1. The maximum absolute atomic E-state index is 4.44. The molecule has 0 unspecified atom stereocenters. The van der Waals surface area contributed by atoms with Gasteiger partial charge >= 0.3 is 0 Å². The van der Waals surface area contributed by atoms with E-state index in [4.69, 9.17) is 0 Å². The van der Waals surface area contributed by atoms with Gasteiger partial charge in [0.25, 0.3) is 0 Å². The van der Waals surface area contributed by atoms with Crippen LogP contribution in [-0.2, 0) is 0 Å². The molecule has 0 spiro atoms. The number of anilines is 2. The number of hydrogen-bond acceptors (Lipinski definition) is 6. The summed E-state index contributed by atoms with van der Waals surface area (Å²) in [6.07, 6.45) is 7.00. The average molecular weight is 256 g/mol. The van der Waals surface area contributed by atoms with E-state index in [0.717, 1.165) is 30.5 Å². The topological polar surface area (TPSA) is 58.0 Å². The second kappa shape index (κ2) is 4.79. The van der Waals surface area contributed by atoms with Crippen molar-refractivity contribution in [2.45, 2.75) is 13.0 Å². The van der Waals surface area contributed by atoms with E-state index >= 15 is 0 Å². The molecule has 0 aromatic carbocycles. The molecule has 2 aromatic heterocycles. The first-order valence-corrected chi connectivity index (χ1v) is 6.27. The van der Waals surface area contributed by atoms with Crippen molar-refractivity contribution in [3.8, 4) is 0 Å². The Morgan fingerprint density at radius 3 is 2.74 bits per heavy atom. The lowest BCUT2D eigenvalue weighted by Gasteiger charge is -2.44. The van der Waals surface area contributed by atoms with Crippen LogP contribution in [0.2, 0.25) is 0 Å². The minimum absolute atomic E-state index is 0.420. The Kier molecular flexibility index (Phi) is 2.98. The second-order valence-corrected chi connectivity index (χ2v) is 4.73. The molecular formula is C13H16N6. The monoisotopic (exact) mass is 256 g/mol. The normalized spacial score (nSPS) is 15.2. The summed E-state index contributed by atoms with van der Waals surface area (Å²) in [5.74, 6) is 1.71. The summed E-state index contributed by atoms with van der Waals surface area (Å²) >= 11 is 0. The highest BCUT2D eigenvalue weighted by Crippen LogP contribution is 2.22. The van der Waals surface area contributed by atoms with Crippen molar-refractivity contribution in [3.63, 3.8) is 0 Å². The summed E-state index contributed by atoms with van der Waals surface area (Å²) in [4.78, 5) is 21.5. The van der Waals surface area contributed by atoms with Crippen molar-refractivity contribution < 1.29 is 0 Å². The van der Waals surface area contributed by atoms with Gasteiger partial charge in [0.1, 0.15) is 5.82 Å². The van der Waals surface area contributed by atoms with Crippen LogP contribution >= 0.6 is 0 Å². The lowest BCUT2D eigenvalue weighted by Crippen LogP contribution is -2.59. The summed E-state index contributed by atoms with van der Waals surface area (Å²) in [7, 11) is 2.04. The van der Waals surface area contributed by atoms with Crippen LogP contribution in [0.3, 0.4) is 0 Å². The van der Waals surface area contributed by atoms with Crippen LogP contribution in [0, 0.1) is 6.92 Å². The molecule has 2 aromatic rings. The Morgan fingerprint density at radius 2 is 2.05 bits per heavy atom. The van der Waals surface area contributed by atoms with Gasteiger partial charge in [0.2, 0.25) is 5.95 Å². The predicted molar refractivity (Wildman–Crippen MR) is 73.2 cm³/mol. The van der Waals surface area contributed by atoms with Crippen LogP contribution in [0.1, 0.15) is 5.69 Å². The van der Waals surface area contributed by atoms with Gasteiger partial charge in [-0.2, -0.15) is 0 Å². The number of likely N-dealkylation sites (N-methyl/N-ethyl adjacent to an activating group) is 1. The number of aryl methyl sites for hydroxylation is 1. The van der Waals surface area contributed by atoms with Crippen LogP contribution < -0.4 is 9.80 Å². The maximum Gasteiger partial charge on any atom is 0.225 e. The SMILES string of the molecule is Cc1ccnc(N(C)C2CN(c3cnccn3)C2)n1. The van der Waals surface area contributed by atoms with E-state index in [2.05, 4.69) is 29.7 Å². The molecule has 3 rings (SSSR count). The zero-order valence-corrected chi connectivity index (χ0v) is 11.1. The molecule has 19 heavy (non-hydrogen) atoms. The minimum Gasteiger partial charge on any atom is -0.351 e. The van der Waals surface area contributed by atoms with Crippen LogP contribution in [0.4, 0.5) is 11.8 Å². The number of nitrogens with zero attached hydrogens (tertiary/aromatic N) is 6. The first-order chi connectivity index (χ1) is 9.24. The third-order valence-corrected chi connectivity index (χ3v) is 3.38. The first kappa shape index (κ1) is 11.8. The Bertz CT molecular complexity index is 552. The highest BCUT2D eigenvalue weighted by Gasteiger charge is 2.32. The molecule has 0 atom stereocenters. The summed E-state index contributed by atoms with van der Waals surface area (Å²) in [6, 6.07) is 2.33. The Labute approximate surface area is 112 Å². The van der Waals surface area contributed by atoms with E-state index in [1.807, 2.05) is 20.0 Å². The highest BCUT2D eigenvalue weighted by molar-refractivity contribution is 5.44. The lowest BCUT2D eigenvalue weighted by molar-refractivity contribution is 0.485. The van der Waals surface area contributed by atoms with Gasteiger partial charge in [0, 0.05) is 44.4 Å². The fraction of sp³-hybridized carbons (Fsp3) is 0.385. The maximum atomic E-state index is 4.44. The standard InChI is InChI=1S/C13H16N6/c1-10-3-4-16-13(17-10)18(2)11-8-19(9-11)12-7-14-5-6-15-12/h3-7,11H,8-9H2,1-2H3. The van der Waals surface area contributed by atoms with Gasteiger partial charge in [0.15, 0.2) is 0 Å². The smallest absolute Gasteiger partial charge is 0.225 e. The van der Waals surface area contributed by atoms with Crippen molar-refractivity contribution in [3.05, 3.63) is 36.5 Å². The van der Waals surface area contributed by atoms with Crippen molar-refractivity contribution in [1.82, 2.24) is 19.9 Å². The van der Waals surface area contributed by atoms with Gasteiger partial charge in [-0.1, -0.05) is 0 Å². The highest BCUT2D eigenvalue weighted by atomic mass is 15.4. The van der Waals surface area contributed by atoms with Gasteiger partial charge in [-0.05, 0) is 13.0 Å². The van der Waals surface area contributed by atoms with Crippen molar-refractivity contribution in [2.75, 3.05) is 29.9 Å².